The molecule has 0 rings (SSSR count). The van der Waals surface area contributed by atoms with Gasteiger partial charge in [0.1, 0.15) is 0 Å². The van der Waals surface area contributed by atoms with Crippen LogP contribution in [-0.2, 0) is 8.85 Å². The number of rotatable bonds is 15. The fourth-order valence-corrected chi connectivity index (χ4v) is 13.6. The molecule has 0 aliphatic heterocycles. The van der Waals surface area contributed by atoms with Gasteiger partial charge in [0.05, 0.1) is 40.0 Å². The van der Waals surface area contributed by atoms with Gasteiger partial charge in [-0.2, -0.15) is 0 Å². The van der Waals surface area contributed by atoms with Crippen LogP contribution < -0.4 is 0 Å². The molecule has 0 saturated heterocycles. The van der Waals surface area contributed by atoms with Crippen molar-refractivity contribution in [3.8, 4) is 0 Å². The Morgan fingerprint density at radius 2 is 1.20 bits per heavy atom. The molecule has 30 heavy (non-hydrogen) atoms. The van der Waals surface area contributed by atoms with Crippen LogP contribution in [0.4, 0.5) is 0 Å². The number of nitrogens with zero attached hydrogens (tertiary/aromatic N) is 1. The minimum atomic E-state index is -2.07. The van der Waals surface area contributed by atoms with Crippen LogP contribution in [0.5, 0.6) is 0 Å². The highest BCUT2D eigenvalue weighted by Gasteiger charge is 2.51. The van der Waals surface area contributed by atoms with Crippen LogP contribution in [0, 0.1) is 0 Å². The first-order valence-corrected chi connectivity index (χ1v) is 21.8. The molecular weight excluding hydrogens is 419 g/mol. The Balaban J connectivity index is 5.26. The summed E-state index contributed by atoms with van der Waals surface area (Å²) in [6.45, 7) is 34.6. The number of hydrogen-bond donors (Lipinski definition) is 0. The zero-order valence-corrected chi connectivity index (χ0v) is 26.4. The molecule has 0 amide bonds. The normalized spacial score (nSPS) is 15.0. The lowest BCUT2D eigenvalue weighted by molar-refractivity contribution is -0.906. The molecule has 0 fully saturated rings. The van der Waals surface area contributed by atoms with E-state index in [1.54, 1.807) is 0 Å². The Morgan fingerprint density at radius 3 is 1.63 bits per heavy atom. The van der Waals surface area contributed by atoms with E-state index in [0.29, 0.717) is 0 Å². The van der Waals surface area contributed by atoms with Crippen LogP contribution in [0.3, 0.4) is 0 Å². The number of hydrogen-bond acceptors (Lipinski definition) is 2. The first-order valence-electron chi connectivity index (χ1n) is 12.5. The van der Waals surface area contributed by atoms with Crippen molar-refractivity contribution in [2.75, 3.05) is 26.7 Å². The molecule has 0 aliphatic carbocycles. The summed E-state index contributed by atoms with van der Waals surface area (Å²) >= 11 is 0. The first-order chi connectivity index (χ1) is 13.3. The lowest BCUT2D eigenvalue weighted by Crippen LogP contribution is -2.65. The first kappa shape index (κ1) is 30.5. The van der Waals surface area contributed by atoms with Crippen LogP contribution in [0.1, 0.15) is 67.7 Å². The maximum Gasteiger partial charge on any atom is 0.216 e. The van der Waals surface area contributed by atoms with Crippen molar-refractivity contribution in [3.63, 3.8) is 0 Å². The largest absolute Gasteiger partial charge is 0.412 e. The highest BCUT2D eigenvalue weighted by atomic mass is 28.4. The maximum atomic E-state index is 7.13. The maximum absolute atomic E-state index is 7.13. The molecule has 0 radical (unpaired) electrons. The molecule has 0 atom stereocenters. The van der Waals surface area contributed by atoms with Gasteiger partial charge >= 0.3 is 0 Å². The zero-order chi connectivity index (χ0) is 24.1. The van der Waals surface area contributed by atoms with Crippen LogP contribution in [0.15, 0.2) is 0 Å². The van der Waals surface area contributed by atoms with E-state index in [1.807, 2.05) is 0 Å². The van der Waals surface area contributed by atoms with Gasteiger partial charge in [-0.25, -0.2) is 0 Å². The number of quaternary nitrogens is 1. The van der Waals surface area contributed by atoms with Crippen molar-refractivity contribution in [2.24, 2.45) is 0 Å². The van der Waals surface area contributed by atoms with Crippen LogP contribution in [0.2, 0.25) is 51.4 Å². The molecule has 0 aliphatic rings. The second kappa shape index (κ2) is 11.1. The molecule has 0 aromatic heterocycles. The molecule has 0 saturated carbocycles. The van der Waals surface area contributed by atoms with Crippen LogP contribution >= 0.6 is 0 Å². The molecule has 6 heteroatoms. The lowest BCUT2D eigenvalue weighted by atomic mass is 10.3. The third-order valence-corrected chi connectivity index (χ3v) is 20.3. The van der Waals surface area contributed by atoms with Gasteiger partial charge in [-0.15, -0.1) is 0 Å². The predicted molar refractivity (Wildman–Crippen MR) is 144 cm³/mol. The van der Waals surface area contributed by atoms with Gasteiger partial charge in [-0.1, -0.05) is 32.9 Å². The molecule has 0 aromatic carbocycles. The quantitative estimate of drug-likeness (QED) is 0.180. The Labute approximate surface area is 194 Å². The Bertz CT molecular complexity index is 513. The SMILES string of the molecule is CCCC[Si](C)(C)OC(C)(C)[Si](C)(C)OC(C)(C)[Si](C)(C)CCC[N+](C)(CC)CC. The Morgan fingerprint density at radius 1 is 0.700 bits per heavy atom. The minimum absolute atomic E-state index is 0.0414. The predicted octanol–water partition coefficient (Wildman–Crippen LogP) is 7.45. The van der Waals surface area contributed by atoms with Gasteiger partial charge < -0.3 is 13.3 Å². The molecule has 3 nitrogen and oxygen atoms in total. The van der Waals surface area contributed by atoms with Crippen molar-refractivity contribution in [1.82, 2.24) is 0 Å². The van der Waals surface area contributed by atoms with Crippen molar-refractivity contribution >= 4 is 24.7 Å². The second-order valence-electron chi connectivity index (χ2n) is 12.6. The van der Waals surface area contributed by atoms with E-state index in [4.69, 9.17) is 8.85 Å². The Hall–Kier alpha value is 0.531. The summed E-state index contributed by atoms with van der Waals surface area (Å²) in [5.74, 6) is 0. The Kier molecular flexibility index (Phi) is 11.3. The third kappa shape index (κ3) is 8.81. The van der Waals surface area contributed by atoms with Gasteiger partial charge in [-0.05, 0) is 86.2 Å². The van der Waals surface area contributed by atoms with Gasteiger partial charge in [0, 0.05) is 5.22 Å². The van der Waals surface area contributed by atoms with Gasteiger partial charge in [-0.3, -0.25) is 0 Å². The molecule has 0 N–H and O–H groups in total. The lowest BCUT2D eigenvalue weighted by Gasteiger charge is -2.51. The van der Waals surface area contributed by atoms with E-state index in [1.165, 1.54) is 55.5 Å². The molecular formula is C24H58NO2Si3+. The standard InChI is InChI=1S/C24H58NO2Si3/c1-15-18-22-29(11,12)26-24(6,7)30(13,14)27-23(4,5)28(9,10)21-19-20-25(8,16-2)17-3/h15-22H2,1-14H3/q+1. The molecule has 0 bridgehead atoms. The third-order valence-electron chi connectivity index (χ3n) is 8.28. The summed E-state index contributed by atoms with van der Waals surface area (Å²) in [5, 5.41) is -0.210. The summed E-state index contributed by atoms with van der Waals surface area (Å²) in [7, 11) is -2.92. The van der Waals surface area contributed by atoms with Crippen molar-refractivity contribution in [3.05, 3.63) is 0 Å². The highest BCUT2D eigenvalue weighted by molar-refractivity contribution is 6.82. The van der Waals surface area contributed by atoms with E-state index in [-0.39, 0.29) is 10.4 Å². The average molecular weight is 477 g/mol. The van der Waals surface area contributed by atoms with Crippen LogP contribution in [-0.4, -0.2) is 66.3 Å². The summed E-state index contributed by atoms with van der Waals surface area (Å²) in [5.41, 5.74) is 0. The summed E-state index contributed by atoms with van der Waals surface area (Å²) < 4.78 is 15.2. The summed E-state index contributed by atoms with van der Waals surface area (Å²) in [6, 6.07) is 2.57. The van der Waals surface area contributed by atoms with Gasteiger partial charge in [0.2, 0.25) is 8.32 Å². The van der Waals surface area contributed by atoms with Crippen LogP contribution in [0.25, 0.3) is 0 Å². The molecule has 182 valence electrons. The minimum Gasteiger partial charge on any atom is -0.412 e. The van der Waals surface area contributed by atoms with E-state index in [9.17, 15) is 0 Å². The second-order valence-corrected chi connectivity index (χ2v) is 26.7. The zero-order valence-electron chi connectivity index (χ0n) is 23.4. The van der Waals surface area contributed by atoms with Crippen molar-refractivity contribution in [2.45, 2.75) is 130 Å². The van der Waals surface area contributed by atoms with Gasteiger partial charge in [0.15, 0.2) is 8.32 Å². The highest BCUT2D eigenvalue weighted by Crippen LogP contribution is 2.38. The molecule has 0 aromatic rings. The van der Waals surface area contributed by atoms with Crippen molar-refractivity contribution in [1.29, 1.82) is 0 Å². The molecule has 0 heterocycles. The number of unbranched alkanes of at least 4 members (excludes halogenated alkanes) is 1. The molecule has 0 unspecified atom stereocenters. The average Bonchev–Trinajstić information content (AvgIpc) is 2.57. The van der Waals surface area contributed by atoms with E-state index in [2.05, 4.69) is 94.8 Å². The monoisotopic (exact) mass is 476 g/mol. The van der Waals surface area contributed by atoms with Crippen molar-refractivity contribution < 1.29 is 13.3 Å². The van der Waals surface area contributed by atoms with Gasteiger partial charge in [0.25, 0.3) is 0 Å². The smallest absolute Gasteiger partial charge is 0.216 e. The topological polar surface area (TPSA) is 18.5 Å². The van der Waals surface area contributed by atoms with E-state index in [0.717, 1.165) is 0 Å². The summed E-state index contributed by atoms with van der Waals surface area (Å²) in [6.07, 6.45) is 3.83. The van der Waals surface area contributed by atoms with E-state index >= 15 is 0 Å². The summed E-state index contributed by atoms with van der Waals surface area (Å²) in [4.78, 5) is 0. The van der Waals surface area contributed by atoms with E-state index < -0.39 is 24.7 Å². The fourth-order valence-electron chi connectivity index (χ4n) is 4.11. The molecule has 0 spiro atoms. The fraction of sp³-hybridized carbons (Fsp3) is 1.00.